The van der Waals surface area contributed by atoms with Gasteiger partial charge in [0.25, 0.3) is 5.69 Å². The van der Waals surface area contributed by atoms with Crippen LogP contribution in [0, 0.1) is 26.1 Å². The molecular weight excluding hydrogens is 508 g/mol. The number of nitro benzene ring substituents is 1. The van der Waals surface area contributed by atoms with Crippen molar-refractivity contribution in [3.05, 3.63) is 110 Å². The van der Waals surface area contributed by atoms with Crippen molar-refractivity contribution < 1.29 is 29.0 Å². The van der Waals surface area contributed by atoms with Crippen molar-refractivity contribution >= 4 is 35.0 Å². The lowest BCUT2D eigenvalue weighted by Crippen LogP contribution is -2.42. The van der Waals surface area contributed by atoms with Crippen molar-refractivity contribution in [3.63, 3.8) is 0 Å². The number of carbonyl (C=O) groups excluding carboxylic acids is 3. The van der Waals surface area contributed by atoms with E-state index in [0.29, 0.717) is 5.56 Å². The lowest BCUT2D eigenvalue weighted by atomic mass is 9.80. The number of non-ortho nitro benzene ring substituents is 1. The van der Waals surface area contributed by atoms with E-state index >= 15 is 0 Å². The summed E-state index contributed by atoms with van der Waals surface area (Å²) in [4.78, 5) is 62.0. The number of fused-ring (bicyclic) bond motifs is 1. The summed E-state index contributed by atoms with van der Waals surface area (Å²) in [6.07, 6.45) is -1.25. The molecule has 0 saturated heterocycles. The molecule has 200 valence electrons. The number of imide groups is 1. The van der Waals surface area contributed by atoms with Gasteiger partial charge in [0.15, 0.2) is 0 Å². The third-order valence-corrected chi connectivity index (χ3v) is 6.40. The van der Waals surface area contributed by atoms with Gasteiger partial charge in [-0.05, 0) is 35.7 Å². The molecule has 3 amide bonds. The lowest BCUT2D eigenvalue weighted by molar-refractivity contribution is -0.484. The molecule has 0 radical (unpaired) electrons. The fraction of sp³-hybridized carbons (Fsp3) is 0.222. The van der Waals surface area contributed by atoms with Crippen LogP contribution in [0.25, 0.3) is 0 Å². The van der Waals surface area contributed by atoms with Gasteiger partial charge in [0, 0.05) is 29.2 Å². The fourth-order valence-electron chi connectivity index (χ4n) is 4.53. The normalized spacial score (nSPS) is 16.8. The van der Waals surface area contributed by atoms with Crippen molar-refractivity contribution in [1.29, 1.82) is 0 Å². The SMILES string of the molecule is O=C(Nc1ccc([N+](=O)[O-])cc1)[C@H]1CCC(=O)N(C(=O)OCc2ccccc2)c2ccccc2[C@@H]1C[N+](=O)[O-]. The number of amides is 3. The van der Waals surface area contributed by atoms with Crippen molar-refractivity contribution in [2.24, 2.45) is 5.92 Å². The zero-order valence-electron chi connectivity index (χ0n) is 20.6. The van der Waals surface area contributed by atoms with Crippen LogP contribution in [0.2, 0.25) is 0 Å². The van der Waals surface area contributed by atoms with Crippen molar-refractivity contribution in [2.75, 3.05) is 16.8 Å². The monoisotopic (exact) mass is 532 g/mol. The van der Waals surface area contributed by atoms with Crippen molar-refractivity contribution in [1.82, 2.24) is 0 Å². The van der Waals surface area contributed by atoms with Gasteiger partial charge in [-0.15, -0.1) is 0 Å². The zero-order valence-corrected chi connectivity index (χ0v) is 20.6. The first-order chi connectivity index (χ1) is 18.7. The van der Waals surface area contributed by atoms with E-state index in [1.54, 1.807) is 42.5 Å². The summed E-state index contributed by atoms with van der Waals surface area (Å²) in [5.74, 6) is -3.18. The van der Waals surface area contributed by atoms with E-state index in [1.165, 1.54) is 30.3 Å². The molecule has 12 nitrogen and oxygen atoms in total. The first kappa shape index (κ1) is 26.9. The van der Waals surface area contributed by atoms with Gasteiger partial charge >= 0.3 is 6.09 Å². The minimum Gasteiger partial charge on any atom is -0.444 e. The molecule has 4 rings (SSSR count). The predicted molar refractivity (Wildman–Crippen MR) is 140 cm³/mol. The standard InChI is InChI=1S/C27H24N4O8/c32-25-15-14-22(26(33)28-19-10-12-20(13-11-19)31(37)38)23(16-29(35)36)21-8-4-5-9-24(21)30(25)27(34)39-17-18-6-2-1-3-7-18/h1-13,22-23H,14-17H2,(H,28,33)/t22-,23-/m0/s1. The molecule has 0 fully saturated rings. The second kappa shape index (κ2) is 11.9. The number of carbonyl (C=O) groups is 3. The Hall–Kier alpha value is -5.13. The molecule has 3 aromatic rings. The van der Waals surface area contributed by atoms with Crippen LogP contribution in [0.15, 0.2) is 78.9 Å². The molecule has 1 heterocycles. The molecule has 0 saturated carbocycles. The number of ether oxygens (including phenoxy) is 1. The summed E-state index contributed by atoms with van der Waals surface area (Å²) in [7, 11) is 0. The molecule has 0 aliphatic carbocycles. The number of rotatable bonds is 7. The smallest absolute Gasteiger partial charge is 0.421 e. The minimum absolute atomic E-state index is 0.0764. The fourth-order valence-corrected chi connectivity index (χ4v) is 4.53. The van der Waals surface area contributed by atoms with Crippen LogP contribution in [0.5, 0.6) is 0 Å². The summed E-state index contributed by atoms with van der Waals surface area (Å²) in [6.45, 7) is -0.708. The van der Waals surface area contributed by atoms with Gasteiger partial charge in [-0.25, -0.2) is 9.69 Å². The molecular formula is C27H24N4O8. The zero-order chi connectivity index (χ0) is 27.9. The molecule has 0 aromatic heterocycles. The van der Waals surface area contributed by atoms with Crippen LogP contribution >= 0.6 is 0 Å². The summed E-state index contributed by atoms with van der Waals surface area (Å²) in [5.41, 5.74) is 1.21. The van der Waals surface area contributed by atoms with Crippen LogP contribution in [0.4, 0.5) is 21.9 Å². The third kappa shape index (κ3) is 6.42. The highest BCUT2D eigenvalue weighted by Crippen LogP contribution is 2.39. The Bertz CT molecular complexity index is 1390. The van der Waals surface area contributed by atoms with E-state index in [4.69, 9.17) is 4.74 Å². The topological polar surface area (TPSA) is 162 Å². The number of para-hydroxylation sites is 1. The third-order valence-electron chi connectivity index (χ3n) is 6.40. The average molecular weight is 533 g/mol. The highest BCUT2D eigenvalue weighted by Gasteiger charge is 2.40. The van der Waals surface area contributed by atoms with E-state index in [1.807, 2.05) is 6.07 Å². The molecule has 0 bridgehead atoms. The summed E-state index contributed by atoms with van der Waals surface area (Å²) >= 11 is 0. The summed E-state index contributed by atoms with van der Waals surface area (Å²) < 4.78 is 5.39. The second-order valence-electron chi connectivity index (χ2n) is 8.89. The van der Waals surface area contributed by atoms with Gasteiger partial charge in [0.1, 0.15) is 6.61 Å². The van der Waals surface area contributed by atoms with E-state index in [-0.39, 0.29) is 42.1 Å². The predicted octanol–water partition coefficient (Wildman–Crippen LogP) is 4.67. The van der Waals surface area contributed by atoms with Crippen molar-refractivity contribution in [3.8, 4) is 0 Å². The van der Waals surface area contributed by atoms with Crippen molar-refractivity contribution in [2.45, 2.75) is 25.4 Å². The largest absolute Gasteiger partial charge is 0.444 e. The van der Waals surface area contributed by atoms with Gasteiger partial charge in [0.2, 0.25) is 18.4 Å². The quantitative estimate of drug-likeness (QED) is 0.339. The van der Waals surface area contributed by atoms with Gasteiger partial charge in [-0.3, -0.25) is 29.8 Å². The Balaban J connectivity index is 1.64. The number of nitro groups is 2. The molecule has 12 heteroatoms. The minimum atomic E-state index is -1.00. The maximum atomic E-state index is 13.4. The first-order valence-electron chi connectivity index (χ1n) is 12.0. The van der Waals surface area contributed by atoms with Crippen LogP contribution < -0.4 is 10.2 Å². The Morgan fingerprint density at radius 2 is 1.62 bits per heavy atom. The molecule has 39 heavy (non-hydrogen) atoms. The molecule has 2 atom stereocenters. The van der Waals surface area contributed by atoms with Crippen LogP contribution in [-0.2, 0) is 20.9 Å². The maximum absolute atomic E-state index is 13.4. The second-order valence-corrected chi connectivity index (χ2v) is 8.89. The van der Waals surface area contributed by atoms with Gasteiger partial charge < -0.3 is 10.1 Å². The van der Waals surface area contributed by atoms with Gasteiger partial charge in [-0.2, -0.15) is 0 Å². The Labute approximate surface area is 222 Å². The summed E-state index contributed by atoms with van der Waals surface area (Å²) in [5, 5.41) is 25.2. The number of nitrogens with zero attached hydrogens (tertiary/aromatic N) is 3. The highest BCUT2D eigenvalue weighted by molar-refractivity contribution is 6.13. The summed E-state index contributed by atoms with van der Waals surface area (Å²) in [6, 6.07) is 20.3. The van der Waals surface area contributed by atoms with E-state index in [2.05, 4.69) is 5.32 Å². The Morgan fingerprint density at radius 1 is 0.949 bits per heavy atom. The molecule has 0 unspecified atom stereocenters. The lowest BCUT2D eigenvalue weighted by Gasteiger charge is -2.32. The van der Waals surface area contributed by atoms with E-state index in [9.17, 15) is 34.6 Å². The number of hydrogen-bond acceptors (Lipinski definition) is 8. The van der Waals surface area contributed by atoms with Crippen LogP contribution in [0.3, 0.4) is 0 Å². The van der Waals surface area contributed by atoms with Gasteiger partial charge in [0.05, 0.1) is 22.4 Å². The average Bonchev–Trinajstić information content (AvgIpc) is 2.92. The molecule has 1 N–H and O–H groups in total. The maximum Gasteiger partial charge on any atom is 0.421 e. The number of hydrogen-bond donors (Lipinski definition) is 1. The number of anilines is 2. The highest BCUT2D eigenvalue weighted by atomic mass is 16.6. The first-order valence-corrected chi connectivity index (χ1v) is 12.0. The number of nitrogens with one attached hydrogen (secondary N) is 1. The van der Waals surface area contributed by atoms with E-state index < -0.39 is 46.1 Å². The van der Waals surface area contributed by atoms with E-state index in [0.717, 1.165) is 4.90 Å². The Kier molecular flexibility index (Phi) is 8.24. The van der Waals surface area contributed by atoms with Gasteiger partial charge in [-0.1, -0.05) is 48.5 Å². The molecule has 3 aromatic carbocycles. The Morgan fingerprint density at radius 3 is 2.28 bits per heavy atom. The molecule has 1 aliphatic rings. The molecule has 0 spiro atoms. The molecule has 1 aliphatic heterocycles. The number of benzene rings is 3. The van der Waals surface area contributed by atoms with Crippen LogP contribution in [-0.4, -0.2) is 34.3 Å². The van der Waals surface area contributed by atoms with Crippen LogP contribution in [0.1, 0.15) is 29.9 Å².